The lowest BCUT2D eigenvalue weighted by molar-refractivity contribution is 1.36. The van der Waals surface area contributed by atoms with Crippen molar-refractivity contribution in [1.82, 2.24) is 0 Å². The molecule has 6 nitrogen and oxygen atoms in total. The third-order valence-corrected chi connectivity index (χ3v) is 2.81. The molecule has 1 aromatic carbocycles. The first-order chi connectivity index (χ1) is 7.93. The van der Waals surface area contributed by atoms with Crippen molar-refractivity contribution in [2.24, 2.45) is 27.2 Å². The molecule has 0 atom stereocenters. The number of hydrogen-bond donors (Lipinski definition) is 3. The Balaban J connectivity index is 3.22. The third-order valence-electron chi connectivity index (χ3n) is 1.64. The van der Waals surface area contributed by atoms with Crippen molar-refractivity contribution >= 4 is 51.8 Å². The van der Waals surface area contributed by atoms with Gasteiger partial charge in [-0.1, -0.05) is 11.6 Å². The molecule has 6 N–H and O–H groups in total. The minimum atomic E-state index is -0.180. The number of guanidine groups is 2. The van der Waals surface area contributed by atoms with E-state index in [4.69, 9.17) is 34.1 Å². The van der Waals surface area contributed by atoms with Crippen LogP contribution in [0.3, 0.4) is 0 Å². The SMILES string of the molecule is N#Cc1cc(I)c(N=C(N)N=C(N)N)cc1Cl. The lowest BCUT2D eigenvalue weighted by atomic mass is 10.2. The van der Waals surface area contributed by atoms with Gasteiger partial charge in [0.05, 0.1) is 16.3 Å². The summed E-state index contributed by atoms with van der Waals surface area (Å²) in [6.45, 7) is 0. The van der Waals surface area contributed by atoms with E-state index in [-0.39, 0.29) is 11.9 Å². The minimum Gasteiger partial charge on any atom is -0.370 e. The molecule has 1 rings (SSSR count). The van der Waals surface area contributed by atoms with Crippen LogP contribution in [0, 0.1) is 14.9 Å². The van der Waals surface area contributed by atoms with Gasteiger partial charge in [-0.2, -0.15) is 10.3 Å². The van der Waals surface area contributed by atoms with Gasteiger partial charge in [-0.15, -0.1) is 0 Å². The largest absolute Gasteiger partial charge is 0.370 e. The predicted octanol–water partition coefficient (Wildman–Crippen LogP) is 1.04. The molecule has 0 radical (unpaired) electrons. The van der Waals surface area contributed by atoms with Gasteiger partial charge in [0.15, 0.2) is 5.96 Å². The Morgan fingerprint density at radius 3 is 2.53 bits per heavy atom. The fourth-order valence-corrected chi connectivity index (χ4v) is 1.78. The first-order valence-electron chi connectivity index (χ1n) is 4.27. The monoisotopic (exact) mass is 362 g/mol. The summed E-state index contributed by atoms with van der Waals surface area (Å²) in [6.07, 6.45) is 0. The van der Waals surface area contributed by atoms with Crippen LogP contribution < -0.4 is 17.2 Å². The van der Waals surface area contributed by atoms with Gasteiger partial charge in [0, 0.05) is 3.57 Å². The maximum absolute atomic E-state index is 8.78. The molecule has 0 bridgehead atoms. The second kappa shape index (κ2) is 5.70. The van der Waals surface area contributed by atoms with E-state index in [0.29, 0.717) is 16.3 Å². The highest BCUT2D eigenvalue weighted by molar-refractivity contribution is 14.1. The number of nitrogens with zero attached hydrogens (tertiary/aromatic N) is 3. The van der Waals surface area contributed by atoms with Crippen molar-refractivity contribution in [3.8, 4) is 6.07 Å². The smallest absolute Gasteiger partial charge is 0.223 e. The molecule has 0 saturated carbocycles. The van der Waals surface area contributed by atoms with E-state index in [0.717, 1.165) is 3.57 Å². The Morgan fingerprint density at radius 2 is 2.00 bits per heavy atom. The van der Waals surface area contributed by atoms with Crippen molar-refractivity contribution in [2.75, 3.05) is 0 Å². The zero-order chi connectivity index (χ0) is 13.0. The molecule has 0 aliphatic heterocycles. The molecule has 0 unspecified atom stereocenters. The maximum Gasteiger partial charge on any atom is 0.223 e. The van der Waals surface area contributed by atoms with Gasteiger partial charge in [-0.25, -0.2) is 4.99 Å². The summed E-state index contributed by atoms with van der Waals surface area (Å²) in [6, 6.07) is 5.09. The van der Waals surface area contributed by atoms with E-state index in [1.54, 1.807) is 6.07 Å². The highest BCUT2D eigenvalue weighted by Gasteiger charge is 2.06. The van der Waals surface area contributed by atoms with Crippen LogP contribution in [0.25, 0.3) is 0 Å². The number of aliphatic imine (C=N–C) groups is 2. The van der Waals surface area contributed by atoms with Crippen LogP contribution in [0.4, 0.5) is 5.69 Å². The van der Waals surface area contributed by atoms with Gasteiger partial charge in [0.25, 0.3) is 0 Å². The Hall–Kier alpha value is -1.53. The quantitative estimate of drug-likeness (QED) is 0.392. The topological polar surface area (TPSA) is 127 Å². The summed E-state index contributed by atoms with van der Waals surface area (Å²) in [4.78, 5) is 7.56. The molecule has 0 aliphatic carbocycles. The Labute approximate surface area is 116 Å². The Bertz CT molecular complexity index is 541. The first kappa shape index (κ1) is 13.5. The summed E-state index contributed by atoms with van der Waals surface area (Å²) in [5, 5.41) is 9.08. The van der Waals surface area contributed by atoms with E-state index in [1.165, 1.54) is 6.07 Å². The maximum atomic E-state index is 8.78. The Morgan fingerprint density at radius 1 is 1.35 bits per heavy atom. The van der Waals surface area contributed by atoms with Crippen molar-refractivity contribution in [3.05, 3.63) is 26.3 Å². The van der Waals surface area contributed by atoms with Crippen molar-refractivity contribution in [2.45, 2.75) is 0 Å². The van der Waals surface area contributed by atoms with Crippen LogP contribution in [0.15, 0.2) is 22.1 Å². The molecule has 0 spiro atoms. The zero-order valence-electron chi connectivity index (χ0n) is 8.48. The fraction of sp³-hybridized carbons (Fsp3) is 0. The number of nitrogens with two attached hydrogens (primary N) is 3. The van der Waals surface area contributed by atoms with E-state index in [2.05, 4.69) is 9.98 Å². The molecule has 88 valence electrons. The standard InChI is InChI=1S/C9H8ClIN6/c10-5-2-7(6(11)1-4(5)3-12)16-9(15)17-8(13)14/h1-2H,(H6,13,14,15,16,17). The van der Waals surface area contributed by atoms with Gasteiger partial charge in [-0.3, -0.25) is 0 Å². The van der Waals surface area contributed by atoms with Crippen LogP contribution in [0.5, 0.6) is 0 Å². The number of benzene rings is 1. The number of nitriles is 1. The van der Waals surface area contributed by atoms with E-state index < -0.39 is 0 Å². The predicted molar refractivity (Wildman–Crippen MR) is 76.0 cm³/mol. The summed E-state index contributed by atoms with van der Waals surface area (Å²) < 4.78 is 0.720. The number of rotatable bonds is 1. The van der Waals surface area contributed by atoms with Crippen LogP contribution in [-0.2, 0) is 0 Å². The molecule has 0 saturated heterocycles. The van der Waals surface area contributed by atoms with Crippen LogP contribution in [-0.4, -0.2) is 11.9 Å². The van der Waals surface area contributed by atoms with Gasteiger partial charge < -0.3 is 17.2 Å². The van der Waals surface area contributed by atoms with Gasteiger partial charge in [0.1, 0.15) is 6.07 Å². The summed E-state index contributed by atoms with van der Waals surface area (Å²) in [5.74, 6) is -0.260. The lowest BCUT2D eigenvalue weighted by Crippen LogP contribution is -2.26. The average Bonchev–Trinajstić information content (AvgIpc) is 2.21. The first-order valence-corrected chi connectivity index (χ1v) is 5.72. The zero-order valence-corrected chi connectivity index (χ0v) is 11.4. The second-order valence-electron chi connectivity index (χ2n) is 2.90. The van der Waals surface area contributed by atoms with Crippen LogP contribution in [0.1, 0.15) is 5.56 Å². The summed E-state index contributed by atoms with van der Waals surface area (Å²) in [7, 11) is 0. The van der Waals surface area contributed by atoms with Crippen molar-refractivity contribution in [1.29, 1.82) is 5.26 Å². The van der Waals surface area contributed by atoms with Gasteiger partial charge in [-0.05, 0) is 34.7 Å². The highest BCUT2D eigenvalue weighted by Crippen LogP contribution is 2.28. The number of halogens is 2. The normalized spacial score (nSPS) is 10.8. The Kier molecular flexibility index (Phi) is 4.53. The molecule has 0 aliphatic rings. The molecule has 0 heterocycles. The molecule has 0 amide bonds. The highest BCUT2D eigenvalue weighted by atomic mass is 127. The summed E-state index contributed by atoms with van der Waals surface area (Å²) in [5.41, 5.74) is 16.7. The summed E-state index contributed by atoms with van der Waals surface area (Å²) >= 11 is 7.88. The molecule has 17 heavy (non-hydrogen) atoms. The molecular formula is C9H8ClIN6. The van der Waals surface area contributed by atoms with E-state index in [9.17, 15) is 0 Å². The molecule has 0 fully saturated rings. The average molecular weight is 363 g/mol. The van der Waals surface area contributed by atoms with Gasteiger partial charge >= 0.3 is 0 Å². The molecule has 0 aromatic heterocycles. The van der Waals surface area contributed by atoms with Crippen LogP contribution >= 0.6 is 34.2 Å². The molecule has 1 aromatic rings. The lowest BCUT2D eigenvalue weighted by Gasteiger charge is -2.02. The van der Waals surface area contributed by atoms with Gasteiger partial charge in [0.2, 0.25) is 5.96 Å². The molecule has 8 heteroatoms. The van der Waals surface area contributed by atoms with E-state index in [1.807, 2.05) is 28.7 Å². The third kappa shape index (κ3) is 3.76. The van der Waals surface area contributed by atoms with E-state index >= 15 is 0 Å². The molecular weight excluding hydrogens is 354 g/mol. The van der Waals surface area contributed by atoms with Crippen molar-refractivity contribution in [3.63, 3.8) is 0 Å². The minimum absolute atomic E-state index is 0.0799. The number of hydrogen-bond acceptors (Lipinski definition) is 2. The van der Waals surface area contributed by atoms with Crippen molar-refractivity contribution < 1.29 is 0 Å². The van der Waals surface area contributed by atoms with Crippen LogP contribution in [0.2, 0.25) is 5.02 Å². The fourth-order valence-electron chi connectivity index (χ4n) is 0.988. The second-order valence-corrected chi connectivity index (χ2v) is 4.47.